The SMILES string of the molecule is CC1CCCC(n2cnc(-c3cc(Cl)ccc3N(N)/C=C(\N)C(F)F)cc2=O)c2cc(ccn2)-c2c(cnn2C)NC1=O. The van der Waals surface area contributed by atoms with Crippen LogP contribution in [0.15, 0.2) is 71.8 Å². The number of nitrogens with one attached hydrogen (secondary N) is 1. The lowest BCUT2D eigenvalue weighted by Crippen LogP contribution is -2.29. The van der Waals surface area contributed by atoms with E-state index in [9.17, 15) is 18.4 Å². The summed E-state index contributed by atoms with van der Waals surface area (Å²) >= 11 is 6.23. The topological polar surface area (TPSA) is 150 Å². The first-order valence-electron chi connectivity index (χ1n) is 13.5. The zero-order valence-corrected chi connectivity index (χ0v) is 24.2. The number of aryl methyl sites for hydroxylation is 1. The normalized spacial score (nSPS) is 17.6. The zero-order valence-electron chi connectivity index (χ0n) is 23.4. The van der Waals surface area contributed by atoms with Crippen molar-refractivity contribution in [1.29, 1.82) is 0 Å². The summed E-state index contributed by atoms with van der Waals surface area (Å²) in [5, 5.41) is 8.58. The molecule has 0 aliphatic carbocycles. The molecule has 1 aromatic carbocycles. The van der Waals surface area contributed by atoms with Gasteiger partial charge < -0.3 is 11.1 Å². The molecule has 1 aliphatic heterocycles. The monoisotopic (exact) mass is 609 g/mol. The Balaban J connectivity index is 1.57. The number of anilines is 2. The smallest absolute Gasteiger partial charge is 0.279 e. The van der Waals surface area contributed by atoms with E-state index < -0.39 is 18.2 Å². The molecule has 2 bridgehead atoms. The summed E-state index contributed by atoms with van der Waals surface area (Å²) in [7, 11) is 1.79. The van der Waals surface area contributed by atoms with Gasteiger partial charge in [0.25, 0.3) is 12.0 Å². The van der Waals surface area contributed by atoms with E-state index >= 15 is 0 Å². The van der Waals surface area contributed by atoms with Gasteiger partial charge in [-0.25, -0.2) is 19.6 Å². The highest BCUT2D eigenvalue weighted by atomic mass is 35.5. The molecule has 0 radical (unpaired) electrons. The van der Waals surface area contributed by atoms with Crippen LogP contribution in [-0.4, -0.2) is 36.6 Å². The average Bonchev–Trinajstić information content (AvgIpc) is 3.34. The minimum Gasteiger partial charge on any atom is -0.396 e. The molecule has 43 heavy (non-hydrogen) atoms. The third-order valence-electron chi connectivity index (χ3n) is 7.38. The highest BCUT2D eigenvalue weighted by Crippen LogP contribution is 2.34. The predicted molar refractivity (Wildman–Crippen MR) is 160 cm³/mol. The van der Waals surface area contributed by atoms with Gasteiger partial charge in [0, 0.05) is 47.6 Å². The average molecular weight is 610 g/mol. The first-order chi connectivity index (χ1) is 20.5. The number of fused-ring (bicyclic) bond motifs is 4. The number of carbonyl (C=O) groups excluding carboxylic acids is 1. The van der Waals surface area contributed by atoms with Crippen LogP contribution in [0.5, 0.6) is 0 Å². The maximum Gasteiger partial charge on any atom is 0.279 e. The number of carbonyl (C=O) groups is 1. The van der Waals surface area contributed by atoms with Crippen molar-refractivity contribution in [2.75, 3.05) is 10.3 Å². The van der Waals surface area contributed by atoms with Crippen LogP contribution in [0.4, 0.5) is 20.2 Å². The van der Waals surface area contributed by atoms with Crippen molar-refractivity contribution in [3.63, 3.8) is 0 Å². The number of amides is 1. The molecule has 2 unspecified atom stereocenters. The molecule has 3 aromatic heterocycles. The number of aromatic nitrogens is 5. The largest absolute Gasteiger partial charge is 0.396 e. The Morgan fingerprint density at radius 2 is 1.98 bits per heavy atom. The fraction of sp³-hybridized carbons (Fsp3) is 0.276. The Kier molecular flexibility index (Phi) is 8.55. The molecule has 0 saturated carbocycles. The molecule has 11 nitrogen and oxygen atoms in total. The number of nitrogens with zero attached hydrogens (tertiary/aromatic N) is 6. The Labute approximate surface area is 250 Å². The third-order valence-corrected chi connectivity index (χ3v) is 7.61. The number of hydrazine groups is 1. The molecule has 5 rings (SSSR count). The van der Waals surface area contributed by atoms with Crippen LogP contribution >= 0.6 is 11.6 Å². The summed E-state index contributed by atoms with van der Waals surface area (Å²) in [6.45, 7) is 1.86. The third kappa shape index (κ3) is 6.27. The predicted octanol–water partition coefficient (Wildman–Crippen LogP) is 4.45. The summed E-state index contributed by atoms with van der Waals surface area (Å²) in [6, 6.07) is 9.13. The molecule has 2 atom stereocenters. The van der Waals surface area contributed by atoms with E-state index in [1.54, 1.807) is 24.1 Å². The van der Waals surface area contributed by atoms with Crippen LogP contribution in [0.3, 0.4) is 0 Å². The van der Waals surface area contributed by atoms with Crippen LogP contribution in [0.2, 0.25) is 5.02 Å². The van der Waals surface area contributed by atoms with Gasteiger partial charge in [-0.3, -0.25) is 28.8 Å². The highest BCUT2D eigenvalue weighted by Gasteiger charge is 2.24. The van der Waals surface area contributed by atoms with Crippen molar-refractivity contribution in [1.82, 2.24) is 24.3 Å². The summed E-state index contributed by atoms with van der Waals surface area (Å²) in [4.78, 5) is 35.7. The molecule has 224 valence electrons. The van der Waals surface area contributed by atoms with Gasteiger partial charge in [-0.15, -0.1) is 0 Å². The van der Waals surface area contributed by atoms with Gasteiger partial charge >= 0.3 is 0 Å². The van der Waals surface area contributed by atoms with Gasteiger partial charge in [0.1, 0.15) is 0 Å². The molecule has 0 spiro atoms. The van der Waals surface area contributed by atoms with Crippen molar-refractivity contribution in [2.45, 2.75) is 38.7 Å². The summed E-state index contributed by atoms with van der Waals surface area (Å²) in [6.07, 6.45) is 4.43. The van der Waals surface area contributed by atoms with Gasteiger partial charge in [0.15, 0.2) is 0 Å². The van der Waals surface area contributed by atoms with Gasteiger partial charge in [-0.2, -0.15) is 5.10 Å². The zero-order chi connectivity index (χ0) is 30.8. The van der Waals surface area contributed by atoms with Gasteiger partial charge in [-0.1, -0.05) is 24.9 Å². The highest BCUT2D eigenvalue weighted by molar-refractivity contribution is 6.31. The quantitative estimate of drug-likeness (QED) is 0.222. The standard InChI is InChI=1S/C29H30ClF2N9O2/c1-16-4-3-5-25(22-10-17(8-9-35-22)27-23(38-29(16)43)13-37-39(27)2)40-15-36-21(12-26(40)42)19-11-18(30)6-7-24(19)41(34)14-20(33)28(31)32/h6-16,25,28H,3-5,33-34H2,1-2H3,(H,38,43)/b20-14-. The van der Waals surface area contributed by atoms with Crippen LogP contribution in [-0.2, 0) is 11.8 Å². The molecular weight excluding hydrogens is 580 g/mol. The summed E-state index contributed by atoms with van der Waals surface area (Å²) < 4.78 is 29.2. The minimum atomic E-state index is -2.90. The number of nitrogens with two attached hydrogens (primary N) is 2. The second-order valence-corrected chi connectivity index (χ2v) is 10.8. The second-order valence-electron chi connectivity index (χ2n) is 10.4. The number of benzene rings is 1. The molecule has 1 aliphatic rings. The van der Waals surface area contributed by atoms with E-state index in [-0.39, 0.29) is 28.8 Å². The first-order valence-corrected chi connectivity index (χ1v) is 13.9. The van der Waals surface area contributed by atoms with Gasteiger partial charge in [0.2, 0.25) is 5.91 Å². The molecule has 4 aromatic rings. The summed E-state index contributed by atoms with van der Waals surface area (Å²) in [5.41, 5.74) is 7.86. The lowest BCUT2D eigenvalue weighted by Gasteiger charge is -2.23. The van der Waals surface area contributed by atoms with Crippen LogP contribution in [0, 0.1) is 5.92 Å². The van der Waals surface area contributed by atoms with Crippen molar-refractivity contribution in [3.05, 3.63) is 88.1 Å². The van der Waals surface area contributed by atoms with E-state index in [4.69, 9.17) is 23.2 Å². The lowest BCUT2D eigenvalue weighted by atomic mass is 9.97. The van der Waals surface area contributed by atoms with Gasteiger partial charge in [0.05, 0.1) is 52.7 Å². The molecule has 5 N–H and O–H groups in total. The molecule has 14 heteroatoms. The number of rotatable bonds is 5. The van der Waals surface area contributed by atoms with E-state index in [0.717, 1.165) is 16.8 Å². The number of alkyl halides is 2. The van der Waals surface area contributed by atoms with Crippen molar-refractivity contribution in [3.8, 4) is 22.5 Å². The van der Waals surface area contributed by atoms with Crippen molar-refractivity contribution < 1.29 is 13.6 Å². The van der Waals surface area contributed by atoms with E-state index in [1.807, 2.05) is 19.1 Å². The number of pyridine rings is 1. The molecule has 0 saturated heterocycles. The molecule has 0 fully saturated rings. The Morgan fingerprint density at radius 1 is 1.19 bits per heavy atom. The molecule has 4 heterocycles. The number of hydrogen-bond acceptors (Lipinski definition) is 8. The fourth-order valence-electron chi connectivity index (χ4n) is 5.10. The van der Waals surface area contributed by atoms with E-state index in [1.165, 1.54) is 35.2 Å². The van der Waals surface area contributed by atoms with Crippen LogP contribution < -0.4 is 27.5 Å². The fourth-order valence-corrected chi connectivity index (χ4v) is 5.27. The second kappa shape index (κ2) is 12.3. The lowest BCUT2D eigenvalue weighted by molar-refractivity contribution is -0.119. The van der Waals surface area contributed by atoms with Crippen molar-refractivity contribution >= 4 is 28.9 Å². The first kappa shape index (κ1) is 29.9. The molecular formula is C29H30ClF2N9O2. The number of allylic oxidation sites excluding steroid dienone is 1. The van der Waals surface area contributed by atoms with Crippen LogP contribution in [0.1, 0.15) is 37.9 Å². The van der Waals surface area contributed by atoms with E-state index in [0.29, 0.717) is 46.9 Å². The van der Waals surface area contributed by atoms with E-state index in [2.05, 4.69) is 20.4 Å². The minimum absolute atomic E-state index is 0.111. The van der Waals surface area contributed by atoms with Crippen molar-refractivity contribution in [2.24, 2.45) is 24.5 Å². The number of hydrogen-bond donors (Lipinski definition) is 3. The number of halogens is 3. The van der Waals surface area contributed by atoms with Gasteiger partial charge in [-0.05, 0) is 43.2 Å². The Morgan fingerprint density at radius 3 is 2.72 bits per heavy atom. The maximum absolute atomic E-state index is 13.7. The summed E-state index contributed by atoms with van der Waals surface area (Å²) in [5.74, 6) is 5.65. The molecule has 1 amide bonds. The Hall–Kier alpha value is -4.62. The van der Waals surface area contributed by atoms with Crippen LogP contribution in [0.25, 0.3) is 22.5 Å². The Bertz CT molecular complexity index is 1750. The maximum atomic E-state index is 13.7.